The summed E-state index contributed by atoms with van der Waals surface area (Å²) in [5.41, 5.74) is 1.51. The summed E-state index contributed by atoms with van der Waals surface area (Å²) in [6.07, 6.45) is 13.5. The lowest BCUT2D eigenvalue weighted by Gasteiger charge is -2.42. The van der Waals surface area contributed by atoms with Gasteiger partial charge in [0, 0.05) is 29.6 Å². The smallest absolute Gasteiger partial charge is 0.247 e. The van der Waals surface area contributed by atoms with Crippen LogP contribution in [0.5, 0.6) is 5.75 Å². The molecule has 5 aliphatic rings. The van der Waals surface area contributed by atoms with Crippen LogP contribution in [0, 0.1) is 11.8 Å². The van der Waals surface area contributed by atoms with E-state index in [0.29, 0.717) is 19.7 Å². The van der Waals surface area contributed by atoms with Gasteiger partial charge in [0.05, 0.1) is 35.8 Å². The van der Waals surface area contributed by atoms with Crippen LogP contribution in [-0.2, 0) is 14.4 Å². The first-order valence-corrected chi connectivity index (χ1v) is 17.5. The number of hydrogen-bond donors (Lipinski definition) is 1. The van der Waals surface area contributed by atoms with Gasteiger partial charge in [-0.1, -0.05) is 73.9 Å². The Bertz CT molecular complexity index is 1540. The lowest BCUT2D eigenvalue weighted by atomic mass is 9.74. The van der Waals surface area contributed by atoms with Gasteiger partial charge in [-0.3, -0.25) is 14.4 Å². The summed E-state index contributed by atoms with van der Waals surface area (Å²) in [5.74, 6) is -1.21. The number of amides is 3. The molecule has 8 nitrogen and oxygen atoms in total. The van der Waals surface area contributed by atoms with Crippen LogP contribution in [0.2, 0.25) is 0 Å². The average molecular weight is 642 g/mol. The van der Waals surface area contributed by atoms with E-state index in [9.17, 15) is 14.7 Å². The Morgan fingerprint density at radius 3 is 2.30 bits per heavy atom. The van der Waals surface area contributed by atoms with Gasteiger partial charge in [0.15, 0.2) is 0 Å². The van der Waals surface area contributed by atoms with Crippen molar-refractivity contribution in [3.63, 3.8) is 0 Å². The number of benzene rings is 2. The van der Waals surface area contributed by atoms with Crippen molar-refractivity contribution in [2.45, 2.75) is 73.6 Å². The summed E-state index contributed by atoms with van der Waals surface area (Å²) < 4.78 is 3.95. The number of aliphatic hydroxyl groups is 1. The minimum absolute atomic E-state index is 0.0745. The van der Waals surface area contributed by atoms with Gasteiger partial charge in [-0.25, -0.2) is 0 Å². The number of rotatable bonds is 7. The van der Waals surface area contributed by atoms with Gasteiger partial charge in [-0.15, -0.1) is 11.8 Å². The number of aliphatic hydroxyl groups excluding tert-OH is 1. The van der Waals surface area contributed by atoms with E-state index in [-0.39, 0.29) is 30.4 Å². The van der Waals surface area contributed by atoms with Crippen LogP contribution in [0.1, 0.15) is 57.6 Å². The van der Waals surface area contributed by atoms with Crippen LogP contribution in [0.15, 0.2) is 78.9 Å². The number of thioether (sulfide) groups is 1. The highest BCUT2D eigenvalue weighted by atomic mass is 32.2. The SMILES string of the molecule is CCOc1ccc(N2CC=C[C@]3(C)S[C@]45C=CCN(C6CCCCC6)C(=O)C4N([C@H](CO)c4ccccc4)C(=O)[C@@H]5[C@@H]3C2=O)cc1. The Kier molecular flexibility index (Phi) is 8.26. The Morgan fingerprint density at radius 1 is 0.891 bits per heavy atom. The molecular weight excluding hydrogens is 598 g/mol. The van der Waals surface area contributed by atoms with Gasteiger partial charge in [-0.2, -0.15) is 0 Å². The minimum Gasteiger partial charge on any atom is -0.494 e. The van der Waals surface area contributed by atoms with Crippen molar-refractivity contribution >= 4 is 35.2 Å². The quantitative estimate of drug-likeness (QED) is 0.422. The van der Waals surface area contributed by atoms with Crippen LogP contribution in [0.3, 0.4) is 0 Å². The zero-order valence-corrected chi connectivity index (χ0v) is 27.4. The molecule has 6 atom stereocenters. The number of fused-ring (bicyclic) bond motifs is 2. The molecule has 0 radical (unpaired) electrons. The van der Waals surface area contributed by atoms with Gasteiger partial charge in [0.2, 0.25) is 17.7 Å². The third-order valence-electron chi connectivity index (χ3n) is 10.7. The van der Waals surface area contributed by atoms with Crippen molar-refractivity contribution in [1.82, 2.24) is 9.80 Å². The molecule has 2 aromatic carbocycles. The van der Waals surface area contributed by atoms with Crippen molar-refractivity contribution in [3.8, 4) is 5.75 Å². The molecule has 3 fully saturated rings. The van der Waals surface area contributed by atoms with Crippen LogP contribution >= 0.6 is 11.8 Å². The average Bonchev–Trinajstić information content (AvgIpc) is 3.34. The second-order valence-electron chi connectivity index (χ2n) is 13.3. The maximum Gasteiger partial charge on any atom is 0.247 e. The summed E-state index contributed by atoms with van der Waals surface area (Å²) in [4.78, 5) is 50.2. The molecular formula is C37H43N3O5S. The van der Waals surface area contributed by atoms with Gasteiger partial charge >= 0.3 is 0 Å². The Labute approximate surface area is 275 Å². The van der Waals surface area contributed by atoms with E-state index >= 15 is 4.79 Å². The predicted octanol–water partition coefficient (Wildman–Crippen LogP) is 5.14. The van der Waals surface area contributed by atoms with E-state index < -0.39 is 33.4 Å². The van der Waals surface area contributed by atoms with Gasteiger partial charge in [0.25, 0.3) is 0 Å². The standard InChI is InChI=1S/C37H43N3O5S/c1-3-45-28-18-16-27(17-19-28)38-22-10-20-36(2)30(33(38)42)31-34(43)40(29(24-41)25-12-6-4-7-13-25)32-35(44)39(26-14-8-5-9-15-26)23-11-21-37(31,32)46-36/h4,6-7,10-13,16-21,26,29-32,41H,3,5,8-9,14-15,22-24H2,1-2H3/t29-,30-,31+,32?,36+,37+/m1/s1. The third-order valence-corrected chi connectivity index (χ3v) is 12.5. The lowest BCUT2D eigenvalue weighted by molar-refractivity contribution is -0.147. The molecule has 0 bridgehead atoms. The molecule has 4 aliphatic heterocycles. The fourth-order valence-electron chi connectivity index (χ4n) is 8.69. The summed E-state index contributed by atoms with van der Waals surface area (Å²) in [6.45, 7) is 5.07. The summed E-state index contributed by atoms with van der Waals surface area (Å²) in [7, 11) is 0. The summed E-state index contributed by atoms with van der Waals surface area (Å²) in [6, 6.07) is 15.5. The van der Waals surface area contributed by atoms with E-state index in [1.54, 1.807) is 21.6 Å². The molecule has 1 spiro atoms. The fraction of sp³-hybridized carbons (Fsp3) is 0.486. The number of carbonyl (C=O) groups excluding carboxylic acids is 3. The lowest BCUT2D eigenvalue weighted by Crippen LogP contribution is -2.56. The number of anilines is 1. The number of nitrogens with zero attached hydrogens (tertiary/aromatic N) is 3. The number of likely N-dealkylation sites (tertiary alicyclic amines) is 1. The molecule has 9 heteroatoms. The van der Waals surface area contributed by atoms with Crippen molar-refractivity contribution in [1.29, 1.82) is 0 Å². The highest BCUT2D eigenvalue weighted by Gasteiger charge is 2.74. The van der Waals surface area contributed by atoms with Crippen molar-refractivity contribution in [3.05, 3.63) is 84.5 Å². The van der Waals surface area contributed by atoms with E-state index in [4.69, 9.17) is 4.74 Å². The van der Waals surface area contributed by atoms with Crippen molar-refractivity contribution in [2.24, 2.45) is 11.8 Å². The van der Waals surface area contributed by atoms with Crippen molar-refractivity contribution in [2.75, 3.05) is 31.2 Å². The van der Waals surface area contributed by atoms with E-state index in [1.165, 1.54) is 6.42 Å². The Hall–Kier alpha value is -3.56. The Balaban J connectivity index is 1.34. The van der Waals surface area contributed by atoms with Crippen LogP contribution in [-0.4, -0.2) is 80.5 Å². The number of carbonyl (C=O) groups is 3. The van der Waals surface area contributed by atoms with Gasteiger partial charge < -0.3 is 24.5 Å². The van der Waals surface area contributed by atoms with Gasteiger partial charge in [0.1, 0.15) is 11.8 Å². The molecule has 1 saturated carbocycles. The second-order valence-corrected chi connectivity index (χ2v) is 15.1. The van der Waals surface area contributed by atoms with E-state index in [0.717, 1.165) is 42.7 Å². The maximum absolute atomic E-state index is 15.1. The first-order chi connectivity index (χ1) is 22.3. The molecule has 0 aromatic heterocycles. The third kappa shape index (κ3) is 4.89. The first kappa shape index (κ1) is 31.1. The largest absolute Gasteiger partial charge is 0.494 e. The molecule has 1 aliphatic carbocycles. The topological polar surface area (TPSA) is 90.4 Å². The highest BCUT2D eigenvalue weighted by molar-refractivity contribution is 8.02. The molecule has 7 rings (SSSR count). The monoisotopic (exact) mass is 641 g/mol. The predicted molar refractivity (Wildman–Crippen MR) is 179 cm³/mol. The molecule has 1 N–H and O–H groups in total. The highest BCUT2D eigenvalue weighted by Crippen LogP contribution is 2.66. The Morgan fingerprint density at radius 2 is 1.61 bits per heavy atom. The first-order valence-electron chi connectivity index (χ1n) is 16.7. The molecule has 1 unspecified atom stereocenters. The molecule has 46 heavy (non-hydrogen) atoms. The van der Waals surface area contributed by atoms with Gasteiger partial charge in [-0.05, 0) is 56.5 Å². The normalized spacial score (nSPS) is 31.8. The number of hydrogen-bond acceptors (Lipinski definition) is 6. The molecule has 3 amide bonds. The molecule has 2 aromatic rings. The maximum atomic E-state index is 15.1. The van der Waals surface area contributed by atoms with Crippen molar-refractivity contribution < 1.29 is 24.2 Å². The molecule has 4 heterocycles. The van der Waals surface area contributed by atoms with Crippen LogP contribution in [0.4, 0.5) is 5.69 Å². The van der Waals surface area contributed by atoms with Crippen LogP contribution in [0.25, 0.3) is 0 Å². The molecule has 242 valence electrons. The summed E-state index contributed by atoms with van der Waals surface area (Å²) >= 11 is 1.59. The van der Waals surface area contributed by atoms with Crippen LogP contribution < -0.4 is 9.64 Å². The van der Waals surface area contributed by atoms with E-state index in [1.807, 2.05) is 79.4 Å². The number of ether oxygens (including phenoxy) is 1. The van der Waals surface area contributed by atoms with E-state index in [2.05, 4.69) is 18.2 Å². The zero-order chi connectivity index (χ0) is 32.1. The second kappa shape index (κ2) is 12.2. The fourth-order valence-corrected chi connectivity index (χ4v) is 10.8. The molecule has 2 saturated heterocycles. The minimum atomic E-state index is -0.971. The zero-order valence-electron chi connectivity index (χ0n) is 26.6. The summed E-state index contributed by atoms with van der Waals surface area (Å²) in [5, 5.41) is 10.9.